The topological polar surface area (TPSA) is 72.7 Å². The zero-order valence-electron chi connectivity index (χ0n) is 17.9. The molecular formula is C23H22ClN5OS2. The van der Waals surface area contributed by atoms with Crippen LogP contribution in [0.3, 0.4) is 0 Å². The number of aryl methyl sites for hydroxylation is 2. The van der Waals surface area contributed by atoms with Gasteiger partial charge in [-0.15, -0.1) is 21.5 Å². The summed E-state index contributed by atoms with van der Waals surface area (Å²) in [5, 5.41) is 14.8. The molecule has 4 rings (SSSR count). The molecule has 32 heavy (non-hydrogen) atoms. The molecule has 9 heteroatoms. The molecule has 3 aromatic heterocycles. The van der Waals surface area contributed by atoms with Crippen molar-refractivity contribution in [3.63, 3.8) is 0 Å². The van der Waals surface area contributed by atoms with E-state index in [-0.39, 0.29) is 16.8 Å². The predicted molar refractivity (Wildman–Crippen MR) is 133 cm³/mol. The van der Waals surface area contributed by atoms with Crippen LogP contribution in [0.1, 0.15) is 17.4 Å². The summed E-state index contributed by atoms with van der Waals surface area (Å²) in [5.41, 5.74) is 5.12. The number of halogens is 1. The van der Waals surface area contributed by atoms with Crippen molar-refractivity contribution in [2.45, 2.75) is 32.5 Å². The summed E-state index contributed by atoms with van der Waals surface area (Å²) in [7, 11) is 0. The highest BCUT2D eigenvalue weighted by atomic mass is 35.5. The number of hydrogen-bond donors (Lipinski definition) is 1. The molecule has 164 valence electrons. The number of rotatable bonds is 7. The quantitative estimate of drug-likeness (QED) is 0.254. The van der Waals surface area contributed by atoms with Gasteiger partial charge in [-0.2, -0.15) is 0 Å². The molecule has 0 unspecified atom stereocenters. The van der Waals surface area contributed by atoms with Gasteiger partial charge in [0.1, 0.15) is 0 Å². The van der Waals surface area contributed by atoms with Gasteiger partial charge in [0.25, 0.3) is 0 Å². The fraction of sp³-hybridized carbons (Fsp3) is 0.217. The monoisotopic (exact) mass is 483 g/mol. The highest BCUT2D eigenvalue weighted by Gasteiger charge is 2.20. The first kappa shape index (κ1) is 22.5. The minimum absolute atomic E-state index is 0.177. The van der Waals surface area contributed by atoms with Crippen LogP contribution in [0.15, 0.2) is 53.1 Å². The van der Waals surface area contributed by atoms with E-state index in [9.17, 15) is 4.79 Å². The minimum atomic E-state index is -0.177. The molecule has 0 saturated heterocycles. The number of nitrogens with zero attached hydrogens (tertiary/aromatic N) is 4. The maximum absolute atomic E-state index is 12.4. The fourth-order valence-corrected chi connectivity index (χ4v) is 5.21. The maximum atomic E-state index is 12.4. The Balaban J connectivity index is 1.56. The number of hydrogen-bond acceptors (Lipinski definition) is 6. The van der Waals surface area contributed by atoms with E-state index < -0.39 is 0 Å². The van der Waals surface area contributed by atoms with Crippen LogP contribution in [0.4, 0.5) is 5.69 Å². The third kappa shape index (κ3) is 4.72. The van der Waals surface area contributed by atoms with Crippen molar-refractivity contribution in [1.29, 1.82) is 0 Å². The molecule has 0 atom stereocenters. The average molecular weight is 484 g/mol. The van der Waals surface area contributed by atoms with Crippen LogP contribution in [0.25, 0.3) is 22.5 Å². The molecule has 0 aliphatic carbocycles. The molecule has 0 saturated carbocycles. The van der Waals surface area contributed by atoms with E-state index in [1.165, 1.54) is 27.8 Å². The molecule has 1 aromatic carbocycles. The fourth-order valence-electron chi connectivity index (χ4n) is 3.37. The van der Waals surface area contributed by atoms with Crippen molar-refractivity contribution in [2.24, 2.45) is 0 Å². The Hall–Kier alpha value is -2.68. The number of aromatic nitrogens is 4. The van der Waals surface area contributed by atoms with Gasteiger partial charge in [-0.25, -0.2) is 4.98 Å². The Labute approximate surface area is 200 Å². The second-order valence-electron chi connectivity index (χ2n) is 7.18. The molecule has 0 radical (unpaired) electrons. The Kier molecular flexibility index (Phi) is 6.93. The third-order valence-corrected chi connectivity index (χ3v) is 7.13. The first-order valence-corrected chi connectivity index (χ1v) is 12.3. The normalized spacial score (nSPS) is 11.0. The van der Waals surface area contributed by atoms with Crippen LogP contribution in [-0.2, 0) is 11.3 Å². The second-order valence-corrected chi connectivity index (χ2v) is 9.56. The molecule has 1 amide bonds. The summed E-state index contributed by atoms with van der Waals surface area (Å²) in [5.74, 6) is 0.825. The van der Waals surface area contributed by atoms with E-state index in [0.717, 1.165) is 17.0 Å². The van der Waals surface area contributed by atoms with Gasteiger partial charge in [0.15, 0.2) is 16.1 Å². The van der Waals surface area contributed by atoms with Crippen molar-refractivity contribution in [1.82, 2.24) is 19.7 Å². The summed E-state index contributed by atoms with van der Waals surface area (Å²) in [6.07, 6.45) is 1.58. The molecular weight excluding hydrogens is 462 g/mol. The Morgan fingerprint density at radius 3 is 2.69 bits per heavy atom. The van der Waals surface area contributed by atoms with Gasteiger partial charge in [0, 0.05) is 34.1 Å². The molecule has 0 aliphatic rings. The van der Waals surface area contributed by atoms with E-state index in [0.29, 0.717) is 17.4 Å². The standard InChI is InChI=1S/C23H22ClN5OS2/c1-4-29-22(17-12-31-15(3)20(17)16-9-7-14(2)8-10-16)27-28-23(29)32-13-19(30)26-18-6-5-11-25-21(18)24/h5-12H,4,13H2,1-3H3,(H,26,30). The molecule has 0 bridgehead atoms. The second kappa shape index (κ2) is 9.85. The van der Waals surface area contributed by atoms with Crippen molar-refractivity contribution in [3.05, 3.63) is 63.6 Å². The van der Waals surface area contributed by atoms with Gasteiger partial charge in [0.05, 0.1) is 11.4 Å². The van der Waals surface area contributed by atoms with Crippen LogP contribution < -0.4 is 5.32 Å². The predicted octanol–water partition coefficient (Wildman–Crippen LogP) is 6.09. The zero-order valence-corrected chi connectivity index (χ0v) is 20.3. The highest BCUT2D eigenvalue weighted by Crippen LogP contribution is 2.39. The maximum Gasteiger partial charge on any atom is 0.234 e. The number of pyridine rings is 1. The molecule has 1 N–H and O–H groups in total. The van der Waals surface area contributed by atoms with Gasteiger partial charge in [-0.3, -0.25) is 4.79 Å². The lowest BCUT2D eigenvalue weighted by Crippen LogP contribution is -2.15. The minimum Gasteiger partial charge on any atom is -0.323 e. The molecule has 3 heterocycles. The van der Waals surface area contributed by atoms with Gasteiger partial charge < -0.3 is 9.88 Å². The Bertz CT molecular complexity index is 1250. The average Bonchev–Trinajstić information content (AvgIpc) is 3.37. The smallest absolute Gasteiger partial charge is 0.234 e. The molecule has 0 spiro atoms. The van der Waals surface area contributed by atoms with Crippen molar-refractivity contribution in [3.8, 4) is 22.5 Å². The van der Waals surface area contributed by atoms with E-state index >= 15 is 0 Å². The van der Waals surface area contributed by atoms with Crippen LogP contribution in [0, 0.1) is 13.8 Å². The first-order valence-electron chi connectivity index (χ1n) is 10.1. The number of carbonyl (C=O) groups excluding carboxylic acids is 1. The van der Waals surface area contributed by atoms with Gasteiger partial charge in [0.2, 0.25) is 5.91 Å². The lowest BCUT2D eigenvalue weighted by Gasteiger charge is -2.10. The van der Waals surface area contributed by atoms with Crippen molar-refractivity contribution in [2.75, 3.05) is 11.1 Å². The van der Waals surface area contributed by atoms with E-state index in [4.69, 9.17) is 11.6 Å². The molecule has 6 nitrogen and oxygen atoms in total. The summed E-state index contributed by atoms with van der Waals surface area (Å²) in [4.78, 5) is 17.6. The van der Waals surface area contributed by atoms with Gasteiger partial charge >= 0.3 is 0 Å². The zero-order chi connectivity index (χ0) is 22.7. The van der Waals surface area contributed by atoms with Crippen LogP contribution in [0.5, 0.6) is 0 Å². The molecule has 0 fully saturated rings. The lowest BCUT2D eigenvalue weighted by molar-refractivity contribution is -0.113. The van der Waals surface area contributed by atoms with Gasteiger partial charge in [-0.1, -0.05) is 53.2 Å². The number of anilines is 1. The number of thiophene rings is 1. The SMILES string of the molecule is CCn1c(SCC(=O)Nc2cccnc2Cl)nnc1-c1csc(C)c1-c1ccc(C)cc1. The summed E-state index contributed by atoms with van der Waals surface area (Å²) in [6, 6.07) is 12.0. The number of nitrogens with one attached hydrogen (secondary N) is 1. The first-order chi connectivity index (χ1) is 15.5. The highest BCUT2D eigenvalue weighted by molar-refractivity contribution is 7.99. The number of amides is 1. The largest absolute Gasteiger partial charge is 0.323 e. The number of carbonyl (C=O) groups is 1. The van der Waals surface area contributed by atoms with E-state index in [1.807, 2.05) is 4.57 Å². The van der Waals surface area contributed by atoms with Crippen LogP contribution in [0.2, 0.25) is 5.15 Å². The van der Waals surface area contributed by atoms with E-state index in [1.54, 1.807) is 29.7 Å². The lowest BCUT2D eigenvalue weighted by atomic mass is 10.0. The summed E-state index contributed by atoms with van der Waals surface area (Å²) < 4.78 is 2.05. The van der Waals surface area contributed by atoms with Crippen molar-refractivity contribution >= 4 is 46.3 Å². The van der Waals surface area contributed by atoms with Crippen LogP contribution >= 0.6 is 34.7 Å². The molecule has 4 aromatic rings. The number of benzene rings is 1. The molecule has 0 aliphatic heterocycles. The van der Waals surface area contributed by atoms with Gasteiger partial charge in [-0.05, 0) is 38.5 Å². The van der Waals surface area contributed by atoms with E-state index in [2.05, 4.69) is 70.9 Å². The Morgan fingerprint density at radius 2 is 1.97 bits per heavy atom. The summed E-state index contributed by atoms with van der Waals surface area (Å²) in [6.45, 7) is 6.96. The van der Waals surface area contributed by atoms with Crippen LogP contribution in [-0.4, -0.2) is 31.4 Å². The number of thioether (sulfide) groups is 1. The Morgan fingerprint density at radius 1 is 1.19 bits per heavy atom. The summed E-state index contributed by atoms with van der Waals surface area (Å²) >= 11 is 9.07. The third-order valence-electron chi connectivity index (χ3n) is 4.95. The van der Waals surface area contributed by atoms with Crippen molar-refractivity contribution < 1.29 is 4.79 Å².